The van der Waals surface area contributed by atoms with Crippen molar-refractivity contribution in [2.75, 3.05) is 11.3 Å². The predicted molar refractivity (Wildman–Crippen MR) is 111 cm³/mol. The van der Waals surface area contributed by atoms with Gasteiger partial charge in [0, 0.05) is 12.1 Å². The lowest BCUT2D eigenvalue weighted by atomic mass is 10.1. The fourth-order valence-electron chi connectivity index (χ4n) is 2.70. The Morgan fingerprint density at radius 2 is 1.72 bits per heavy atom. The van der Waals surface area contributed by atoms with E-state index < -0.39 is 34.2 Å². The number of para-hydroxylation sites is 2. The number of ether oxygens (including phenoxy) is 1. The molecule has 0 amide bonds. The Kier molecular flexibility index (Phi) is 6.81. The van der Waals surface area contributed by atoms with Gasteiger partial charge in [-0.1, -0.05) is 31.2 Å². The van der Waals surface area contributed by atoms with Crippen LogP contribution in [0.1, 0.15) is 30.6 Å². The van der Waals surface area contributed by atoms with Crippen molar-refractivity contribution in [3.05, 3.63) is 59.7 Å². The van der Waals surface area contributed by atoms with Crippen LogP contribution in [0.4, 0.5) is 19.0 Å². The standard InChI is InChI=1S/C20H18F3N5O3S/c1-2-11-25-32(29,30)28-18-19(27-16-6-4-3-5-15(16)26-18)31-17(20(21,22)23)14-9-7-13(12-24)8-10-14/h3-10,17,25H,2,11H2,1H3,(H,26,28)/t17-/m1/s1. The lowest BCUT2D eigenvalue weighted by Gasteiger charge is -2.23. The number of halogens is 3. The Balaban J connectivity index is 2.06. The van der Waals surface area contributed by atoms with Crippen molar-refractivity contribution in [2.24, 2.45) is 0 Å². The smallest absolute Gasteiger partial charge is 0.429 e. The number of aromatic nitrogens is 2. The Bertz CT molecular complexity index is 1240. The van der Waals surface area contributed by atoms with Gasteiger partial charge in [-0.25, -0.2) is 9.97 Å². The lowest BCUT2D eigenvalue weighted by molar-refractivity contribution is -0.198. The van der Waals surface area contributed by atoms with E-state index in [1.165, 1.54) is 24.3 Å². The van der Waals surface area contributed by atoms with E-state index in [-0.39, 0.29) is 28.7 Å². The summed E-state index contributed by atoms with van der Waals surface area (Å²) in [6.45, 7) is 1.86. The summed E-state index contributed by atoms with van der Waals surface area (Å²) in [7, 11) is -4.13. The molecular weight excluding hydrogens is 447 g/mol. The molecule has 0 spiro atoms. The molecule has 0 saturated carbocycles. The van der Waals surface area contributed by atoms with E-state index in [0.29, 0.717) is 6.42 Å². The highest BCUT2D eigenvalue weighted by Crippen LogP contribution is 2.38. The Morgan fingerprint density at radius 1 is 1.09 bits per heavy atom. The maximum absolute atomic E-state index is 13.8. The van der Waals surface area contributed by atoms with Crippen molar-refractivity contribution in [1.82, 2.24) is 14.7 Å². The zero-order valence-corrected chi connectivity index (χ0v) is 17.5. The molecule has 3 rings (SSSR count). The fraction of sp³-hybridized carbons (Fsp3) is 0.250. The second kappa shape index (κ2) is 9.37. The highest BCUT2D eigenvalue weighted by molar-refractivity contribution is 7.90. The molecular formula is C20H18F3N5O3S. The van der Waals surface area contributed by atoms with E-state index in [9.17, 15) is 21.6 Å². The number of nitrogens with one attached hydrogen (secondary N) is 2. The van der Waals surface area contributed by atoms with Gasteiger partial charge in [0.1, 0.15) is 0 Å². The van der Waals surface area contributed by atoms with Gasteiger partial charge in [0.2, 0.25) is 11.9 Å². The maximum Gasteiger partial charge on any atom is 0.429 e. The number of anilines is 1. The summed E-state index contributed by atoms with van der Waals surface area (Å²) in [6, 6.07) is 12.8. The second-order valence-corrected chi connectivity index (χ2v) is 8.14. The van der Waals surface area contributed by atoms with Gasteiger partial charge >= 0.3 is 6.18 Å². The number of rotatable bonds is 8. The van der Waals surface area contributed by atoms with E-state index in [1.807, 2.05) is 6.07 Å². The Hall–Kier alpha value is -3.43. The first-order valence-electron chi connectivity index (χ1n) is 9.40. The predicted octanol–water partition coefficient (Wildman–Crippen LogP) is 3.84. The van der Waals surface area contributed by atoms with Crippen LogP contribution in [0.25, 0.3) is 11.0 Å². The minimum atomic E-state index is -4.86. The van der Waals surface area contributed by atoms with Gasteiger partial charge in [-0.2, -0.15) is 31.6 Å². The molecule has 0 aliphatic rings. The van der Waals surface area contributed by atoms with Gasteiger partial charge in [0.25, 0.3) is 16.1 Å². The SMILES string of the molecule is CCCNS(=O)(=O)Nc1nc2ccccc2nc1O[C@H](c1ccc(C#N)cc1)C(F)(F)F. The van der Waals surface area contributed by atoms with Crippen molar-refractivity contribution in [1.29, 1.82) is 5.26 Å². The summed E-state index contributed by atoms with van der Waals surface area (Å²) in [5.74, 6) is -1.13. The number of hydrogen-bond acceptors (Lipinski definition) is 6. The van der Waals surface area contributed by atoms with Crippen LogP contribution in [0.3, 0.4) is 0 Å². The topological polar surface area (TPSA) is 117 Å². The minimum absolute atomic E-state index is 0.114. The van der Waals surface area contributed by atoms with Gasteiger partial charge in [0.15, 0.2) is 0 Å². The number of benzene rings is 2. The molecule has 0 saturated heterocycles. The maximum atomic E-state index is 13.8. The largest absolute Gasteiger partial charge is 0.457 e. The first-order valence-corrected chi connectivity index (χ1v) is 10.9. The van der Waals surface area contributed by atoms with Gasteiger partial charge in [-0.05, 0) is 30.7 Å². The third-order valence-corrected chi connectivity index (χ3v) is 5.23. The van der Waals surface area contributed by atoms with Gasteiger partial charge in [-0.15, -0.1) is 0 Å². The normalized spacial score (nSPS) is 12.8. The molecule has 1 heterocycles. The molecule has 1 aromatic heterocycles. The van der Waals surface area contributed by atoms with E-state index in [1.54, 1.807) is 19.1 Å². The molecule has 12 heteroatoms. The Morgan fingerprint density at radius 3 is 2.28 bits per heavy atom. The first-order chi connectivity index (χ1) is 15.1. The van der Waals surface area contributed by atoms with Gasteiger partial charge in [-0.3, -0.25) is 4.72 Å². The van der Waals surface area contributed by atoms with E-state index in [2.05, 4.69) is 19.4 Å². The summed E-state index contributed by atoms with van der Waals surface area (Å²) >= 11 is 0. The van der Waals surface area contributed by atoms with E-state index in [0.717, 1.165) is 12.1 Å². The molecule has 2 N–H and O–H groups in total. The zero-order valence-electron chi connectivity index (χ0n) is 16.7. The molecule has 0 radical (unpaired) electrons. The van der Waals surface area contributed by atoms with Crippen LogP contribution in [0.5, 0.6) is 5.88 Å². The zero-order chi connectivity index (χ0) is 23.4. The molecule has 8 nitrogen and oxygen atoms in total. The summed E-state index contributed by atoms with van der Waals surface area (Å²) < 4.78 is 75.6. The summed E-state index contributed by atoms with van der Waals surface area (Å²) in [5, 5.41) is 8.88. The number of nitriles is 1. The van der Waals surface area contributed by atoms with E-state index >= 15 is 0 Å². The number of fused-ring (bicyclic) bond motifs is 1. The third-order valence-electron chi connectivity index (χ3n) is 4.18. The summed E-state index contributed by atoms with van der Waals surface area (Å²) in [5.41, 5.74) is 0.364. The number of hydrogen-bond donors (Lipinski definition) is 2. The molecule has 2 aromatic carbocycles. The summed E-state index contributed by atoms with van der Waals surface area (Å²) in [4.78, 5) is 8.16. The molecule has 3 aromatic rings. The third kappa shape index (κ3) is 5.63. The van der Waals surface area contributed by atoms with Crippen molar-refractivity contribution < 1.29 is 26.3 Å². The van der Waals surface area contributed by atoms with Gasteiger partial charge in [0.05, 0.1) is 22.7 Å². The second-order valence-electron chi connectivity index (χ2n) is 6.64. The van der Waals surface area contributed by atoms with Crippen molar-refractivity contribution in [3.8, 4) is 11.9 Å². The molecule has 1 atom stereocenters. The van der Waals surface area contributed by atoms with Crippen LogP contribution < -0.4 is 14.2 Å². The summed E-state index contributed by atoms with van der Waals surface area (Å²) in [6.07, 6.45) is -6.84. The van der Waals surface area contributed by atoms with Crippen LogP contribution in [0.15, 0.2) is 48.5 Å². The van der Waals surface area contributed by atoms with Crippen molar-refractivity contribution in [2.45, 2.75) is 25.6 Å². The van der Waals surface area contributed by atoms with Crippen molar-refractivity contribution in [3.63, 3.8) is 0 Å². The van der Waals surface area contributed by atoms with Crippen LogP contribution in [0.2, 0.25) is 0 Å². The highest BCUT2D eigenvalue weighted by Gasteiger charge is 2.44. The minimum Gasteiger partial charge on any atom is -0.457 e. The Labute approximate surface area is 182 Å². The molecule has 32 heavy (non-hydrogen) atoms. The molecule has 0 aliphatic carbocycles. The molecule has 0 aliphatic heterocycles. The first kappa shape index (κ1) is 23.2. The molecule has 0 unspecified atom stereocenters. The average molecular weight is 465 g/mol. The number of alkyl halides is 3. The van der Waals surface area contributed by atoms with Crippen LogP contribution in [-0.2, 0) is 10.2 Å². The monoisotopic (exact) mass is 465 g/mol. The molecule has 0 bridgehead atoms. The average Bonchev–Trinajstić information content (AvgIpc) is 2.75. The molecule has 0 fully saturated rings. The van der Waals surface area contributed by atoms with Crippen LogP contribution in [0, 0.1) is 11.3 Å². The highest BCUT2D eigenvalue weighted by atomic mass is 32.2. The van der Waals surface area contributed by atoms with Crippen LogP contribution >= 0.6 is 0 Å². The molecule has 168 valence electrons. The van der Waals surface area contributed by atoms with Crippen molar-refractivity contribution >= 4 is 27.1 Å². The quantitative estimate of drug-likeness (QED) is 0.522. The fourth-order valence-corrected chi connectivity index (χ4v) is 3.63. The number of nitrogens with zero attached hydrogens (tertiary/aromatic N) is 3. The lowest BCUT2D eigenvalue weighted by Crippen LogP contribution is -2.32. The van der Waals surface area contributed by atoms with Crippen LogP contribution in [-0.4, -0.2) is 31.1 Å². The van der Waals surface area contributed by atoms with Gasteiger partial charge < -0.3 is 4.74 Å². The van der Waals surface area contributed by atoms with E-state index in [4.69, 9.17) is 10.00 Å².